The Morgan fingerprint density at radius 2 is 2.00 bits per heavy atom. The van der Waals surface area contributed by atoms with E-state index in [2.05, 4.69) is 42.9 Å². The number of hydrogen-bond acceptors (Lipinski definition) is 7. The third kappa shape index (κ3) is 6.02. The van der Waals surface area contributed by atoms with Crippen molar-refractivity contribution in [3.63, 3.8) is 0 Å². The van der Waals surface area contributed by atoms with E-state index in [4.69, 9.17) is 0 Å². The number of nitrogens with zero attached hydrogens (tertiary/aromatic N) is 3. The van der Waals surface area contributed by atoms with Crippen molar-refractivity contribution in [2.75, 3.05) is 13.1 Å². The number of benzene rings is 1. The number of aromatic nitrogens is 1. The number of nitro benzene ring substituents is 1. The molecule has 0 fully saturated rings. The van der Waals surface area contributed by atoms with Crippen molar-refractivity contribution < 1.29 is 9.72 Å². The van der Waals surface area contributed by atoms with Crippen LogP contribution in [0.1, 0.15) is 43.7 Å². The molecule has 1 aromatic heterocycles. The van der Waals surface area contributed by atoms with E-state index in [9.17, 15) is 14.9 Å². The van der Waals surface area contributed by atoms with E-state index in [1.165, 1.54) is 29.2 Å². The Morgan fingerprint density at radius 3 is 2.54 bits per heavy atom. The average molecular weight is 423 g/mol. The predicted molar refractivity (Wildman–Crippen MR) is 113 cm³/mol. The van der Waals surface area contributed by atoms with Gasteiger partial charge < -0.3 is 5.32 Å². The molecule has 2 rings (SSSR count). The second kappa shape index (κ2) is 9.99. The lowest BCUT2D eigenvalue weighted by Gasteiger charge is -2.30. The molecule has 0 spiro atoms. The highest BCUT2D eigenvalue weighted by Gasteiger charge is 2.20. The normalized spacial score (nSPS) is 11.4. The standard InChI is InChI=1S/C19H26N4O3S2/c1-12(2)22(13(3)4)9-8-20-18(24)15-6-7-17(16(10-15)23(25)26)28-19-21-14(5)11-27-19/h6-7,10-13H,8-9H2,1-5H3,(H,20,24). The monoisotopic (exact) mass is 422 g/mol. The molecular weight excluding hydrogens is 396 g/mol. The Bertz CT molecular complexity index is 828. The van der Waals surface area contributed by atoms with Gasteiger partial charge in [0.1, 0.15) is 0 Å². The van der Waals surface area contributed by atoms with Crippen molar-refractivity contribution in [3.05, 3.63) is 45.0 Å². The first-order valence-corrected chi connectivity index (χ1v) is 10.8. The SMILES string of the molecule is Cc1csc(Sc2ccc(C(=O)NCCN(C(C)C)C(C)C)cc2[N+](=O)[O-])n1. The van der Waals surface area contributed by atoms with Crippen molar-refractivity contribution in [3.8, 4) is 0 Å². The molecule has 0 aliphatic heterocycles. The van der Waals surface area contributed by atoms with Crippen LogP contribution in [0.25, 0.3) is 0 Å². The van der Waals surface area contributed by atoms with E-state index < -0.39 is 4.92 Å². The van der Waals surface area contributed by atoms with Crippen LogP contribution in [0.2, 0.25) is 0 Å². The quantitative estimate of drug-likeness (QED) is 0.477. The molecule has 0 saturated carbocycles. The highest BCUT2D eigenvalue weighted by Crippen LogP contribution is 2.36. The maximum absolute atomic E-state index is 12.4. The minimum Gasteiger partial charge on any atom is -0.351 e. The van der Waals surface area contributed by atoms with Gasteiger partial charge in [-0.25, -0.2) is 4.98 Å². The van der Waals surface area contributed by atoms with Gasteiger partial charge in [-0.2, -0.15) is 0 Å². The van der Waals surface area contributed by atoms with Crippen LogP contribution in [0, 0.1) is 17.0 Å². The van der Waals surface area contributed by atoms with Gasteiger partial charge in [0.05, 0.1) is 9.82 Å². The summed E-state index contributed by atoms with van der Waals surface area (Å²) in [7, 11) is 0. The zero-order valence-electron chi connectivity index (χ0n) is 16.8. The number of rotatable bonds is 9. The minimum atomic E-state index is -0.459. The zero-order valence-corrected chi connectivity index (χ0v) is 18.4. The summed E-state index contributed by atoms with van der Waals surface area (Å²) >= 11 is 2.68. The fraction of sp³-hybridized carbons (Fsp3) is 0.474. The highest BCUT2D eigenvalue weighted by atomic mass is 32.2. The first-order valence-electron chi connectivity index (χ1n) is 9.11. The van der Waals surface area contributed by atoms with Crippen molar-refractivity contribution >= 4 is 34.7 Å². The van der Waals surface area contributed by atoms with Gasteiger partial charge in [0.25, 0.3) is 11.6 Å². The Balaban J connectivity index is 2.07. The van der Waals surface area contributed by atoms with Gasteiger partial charge in [-0.15, -0.1) is 11.3 Å². The predicted octanol–water partition coefficient (Wildman–Crippen LogP) is 4.36. The van der Waals surface area contributed by atoms with E-state index in [0.29, 0.717) is 23.5 Å². The molecule has 9 heteroatoms. The van der Waals surface area contributed by atoms with Crippen LogP contribution < -0.4 is 5.32 Å². The molecule has 152 valence electrons. The second-order valence-electron chi connectivity index (χ2n) is 6.98. The Labute approximate surface area is 173 Å². The topological polar surface area (TPSA) is 88.4 Å². The second-order valence-corrected chi connectivity index (χ2v) is 9.12. The largest absolute Gasteiger partial charge is 0.351 e. The van der Waals surface area contributed by atoms with Crippen LogP contribution in [0.15, 0.2) is 32.8 Å². The van der Waals surface area contributed by atoms with Gasteiger partial charge in [-0.3, -0.25) is 19.8 Å². The van der Waals surface area contributed by atoms with Crippen molar-refractivity contribution in [2.45, 2.75) is 55.9 Å². The van der Waals surface area contributed by atoms with Crippen LogP contribution in [0.3, 0.4) is 0 Å². The molecule has 2 aromatic rings. The number of aryl methyl sites for hydroxylation is 1. The summed E-state index contributed by atoms with van der Waals surface area (Å²) in [6.45, 7) is 11.6. The van der Waals surface area contributed by atoms with Crippen molar-refractivity contribution in [1.82, 2.24) is 15.2 Å². The number of carbonyl (C=O) groups is 1. The van der Waals surface area contributed by atoms with E-state index >= 15 is 0 Å². The minimum absolute atomic E-state index is 0.0866. The number of nitrogens with one attached hydrogen (secondary N) is 1. The fourth-order valence-corrected chi connectivity index (χ4v) is 4.75. The van der Waals surface area contributed by atoms with Crippen molar-refractivity contribution in [1.29, 1.82) is 0 Å². The fourth-order valence-electron chi connectivity index (χ4n) is 2.87. The Hall–Kier alpha value is -1.97. The van der Waals surface area contributed by atoms with Gasteiger partial charge in [0, 0.05) is 47.9 Å². The Kier molecular flexibility index (Phi) is 7.97. The lowest BCUT2D eigenvalue weighted by atomic mass is 10.2. The molecule has 0 aliphatic carbocycles. The average Bonchev–Trinajstić information content (AvgIpc) is 3.02. The van der Waals surface area contributed by atoms with Crippen molar-refractivity contribution in [2.24, 2.45) is 0 Å². The van der Waals surface area contributed by atoms with Crippen LogP contribution in [0.5, 0.6) is 0 Å². The molecule has 1 amide bonds. The lowest BCUT2D eigenvalue weighted by molar-refractivity contribution is -0.387. The maximum atomic E-state index is 12.4. The van der Waals surface area contributed by atoms with E-state index in [-0.39, 0.29) is 17.2 Å². The Morgan fingerprint density at radius 1 is 1.32 bits per heavy atom. The molecule has 0 bridgehead atoms. The molecule has 0 atom stereocenters. The van der Waals surface area contributed by atoms with Crippen LogP contribution in [-0.2, 0) is 0 Å². The summed E-state index contributed by atoms with van der Waals surface area (Å²) in [5, 5.41) is 16.2. The molecule has 1 N–H and O–H groups in total. The number of nitro groups is 1. The zero-order chi connectivity index (χ0) is 20.8. The van der Waals surface area contributed by atoms with Gasteiger partial charge in [0.15, 0.2) is 4.34 Å². The van der Waals surface area contributed by atoms with Gasteiger partial charge in [-0.1, -0.05) is 11.8 Å². The van der Waals surface area contributed by atoms with Crippen LogP contribution in [-0.4, -0.2) is 45.9 Å². The van der Waals surface area contributed by atoms with E-state index in [1.54, 1.807) is 12.1 Å². The molecule has 0 saturated heterocycles. The summed E-state index contributed by atoms with van der Waals surface area (Å²) in [6.07, 6.45) is 0. The van der Waals surface area contributed by atoms with E-state index in [1.807, 2.05) is 12.3 Å². The molecule has 1 heterocycles. The summed E-state index contributed by atoms with van der Waals surface area (Å²) in [5.74, 6) is -0.308. The molecule has 0 radical (unpaired) electrons. The van der Waals surface area contributed by atoms with Gasteiger partial charge in [0.2, 0.25) is 0 Å². The number of thiazole rings is 1. The molecule has 28 heavy (non-hydrogen) atoms. The maximum Gasteiger partial charge on any atom is 0.284 e. The summed E-state index contributed by atoms with van der Waals surface area (Å²) in [5.41, 5.74) is 1.08. The van der Waals surface area contributed by atoms with Gasteiger partial charge in [-0.05, 0) is 46.8 Å². The summed E-state index contributed by atoms with van der Waals surface area (Å²) in [4.78, 5) is 30.5. The first-order chi connectivity index (χ1) is 13.2. The molecule has 0 aliphatic rings. The molecule has 7 nitrogen and oxygen atoms in total. The third-order valence-corrected chi connectivity index (χ3v) is 6.32. The van der Waals surface area contributed by atoms with Crippen LogP contribution in [0.4, 0.5) is 5.69 Å². The highest BCUT2D eigenvalue weighted by molar-refractivity contribution is 8.01. The summed E-state index contributed by atoms with van der Waals surface area (Å²) < 4.78 is 0.736. The smallest absolute Gasteiger partial charge is 0.284 e. The number of amides is 1. The van der Waals surface area contributed by atoms with Gasteiger partial charge >= 0.3 is 0 Å². The number of carbonyl (C=O) groups excluding carboxylic acids is 1. The molecular formula is C19H26N4O3S2. The molecule has 0 unspecified atom stereocenters. The lowest BCUT2D eigenvalue weighted by Crippen LogP contribution is -2.42. The van der Waals surface area contributed by atoms with E-state index in [0.717, 1.165) is 16.6 Å². The third-order valence-electron chi connectivity index (χ3n) is 4.20. The summed E-state index contributed by atoms with van der Waals surface area (Å²) in [6, 6.07) is 5.32. The van der Waals surface area contributed by atoms with Crippen LogP contribution >= 0.6 is 23.1 Å². The molecule has 1 aromatic carbocycles. The number of hydrogen-bond donors (Lipinski definition) is 1. The first kappa shape index (κ1) is 22.3.